The Morgan fingerprint density at radius 3 is 2.33 bits per heavy atom. The largest absolute Gasteiger partial charge is 0.324 e. The maximum absolute atomic E-state index is 12.9. The Hall–Kier alpha value is -0.220. The predicted molar refractivity (Wildman–Crippen MR) is 93.6 cm³/mol. The molecule has 1 heterocycles. The predicted octanol–water partition coefficient (Wildman–Crippen LogP) is 3.88. The SMILES string of the molecule is CCCC1NC(C(C)CC)C(=O)N1CC(CC)(CC)SC. The first kappa shape index (κ1) is 18.8. The van der Waals surface area contributed by atoms with Gasteiger partial charge in [0.25, 0.3) is 0 Å². The molecule has 1 fully saturated rings. The first-order valence-corrected chi connectivity index (χ1v) is 9.82. The molecular formula is C17H34N2OS. The average Bonchev–Trinajstić information content (AvgIpc) is 2.81. The van der Waals surface area contributed by atoms with Gasteiger partial charge in [-0.25, -0.2) is 0 Å². The summed E-state index contributed by atoms with van der Waals surface area (Å²) in [6.07, 6.45) is 7.84. The smallest absolute Gasteiger partial charge is 0.241 e. The number of nitrogens with zero attached hydrogens (tertiary/aromatic N) is 1. The summed E-state index contributed by atoms with van der Waals surface area (Å²) in [6, 6.07) is 0.0137. The summed E-state index contributed by atoms with van der Waals surface area (Å²) in [5.41, 5.74) is 0. The van der Waals surface area contributed by atoms with Crippen molar-refractivity contribution in [1.29, 1.82) is 0 Å². The highest BCUT2D eigenvalue weighted by Crippen LogP contribution is 2.34. The maximum Gasteiger partial charge on any atom is 0.241 e. The lowest BCUT2D eigenvalue weighted by Gasteiger charge is -2.36. The summed E-state index contributed by atoms with van der Waals surface area (Å²) >= 11 is 1.92. The topological polar surface area (TPSA) is 32.3 Å². The second-order valence-electron chi connectivity index (χ2n) is 6.39. The molecule has 1 aliphatic rings. The lowest BCUT2D eigenvalue weighted by Crippen LogP contribution is -2.46. The van der Waals surface area contributed by atoms with E-state index in [1.54, 1.807) is 0 Å². The standard InChI is InChI=1S/C17H34N2OS/c1-7-11-14-18-15(13(5)8-2)16(20)19(14)12-17(9-3,10-4)21-6/h13-15,18H,7-12H2,1-6H3. The van der Waals surface area contributed by atoms with Crippen molar-refractivity contribution < 1.29 is 4.79 Å². The maximum atomic E-state index is 12.9. The number of rotatable bonds is 9. The summed E-state index contributed by atoms with van der Waals surface area (Å²) in [7, 11) is 0. The Morgan fingerprint density at radius 1 is 1.29 bits per heavy atom. The number of carbonyl (C=O) groups is 1. The molecule has 21 heavy (non-hydrogen) atoms. The second-order valence-corrected chi connectivity index (χ2v) is 7.67. The summed E-state index contributed by atoms with van der Waals surface area (Å²) < 4.78 is 0.202. The van der Waals surface area contributed by atoms with Crippen molar-refractivity contribution in [3.63, 3.8) is 0 Å². The van der Waals surface area contributed by atoms with Crippen LogP contribution in [-0.2, 0) is 4.79 Å². The van der Waals surface area contributed by atoms with E-state index in [2.05, 4.69) is 51.1 Å². The summed E-state index contributed by atoms with van der Waals surface area (Å²) in [5.74, 6) is 0.733. The highest BCUT2D eigenvalue weighted by molar-refractivity contribution is 8.00. The van der Waals surface area contributed by atoms with E-state index >= 15 is 0 Å². The van der Waals surface area contributed by atoms with Crippen molar-refractivity contribution >= 4 is 17.7 Å². The molecule has 1 aliphatic heterocycles. The molecule has 0 radical (unpaired) electrons. The van der Waals surface area contributed by atoms with Crippen LogP contribution < -0.4 is 5.32 Å². The van der Waals surface area contributed by atoms with E-state index in [4.69, 9.17) is 0 Å². The van der Waals surface area contributed by atoms with Crippen LogP contribution >= 0.6 is 11.8 Å². The molecule has 0 aromatic rings. The van der Waals surface area contributed by atoms with Crippen LogP contribution in [0.25, 0.3) is 0 Å². The van der Waals surface area contributed by atoms with Gasteiger partial charge in [-0.05, 0) is 31.4 Å². The fourth-order valence-corrected chi connectivity index (χ4v) is 4.03. The fourth-order valence-electron chi connectivity index (χ4n) is 3.18. The van der Waals surface area contributed by atoms with E-state index in [0.29, 0.717) is 11.8 Å². The van der Waals surface area contributed by atoms with Crippen LogP contribution in [0.5, 0.6) is 0 Å². The fraction of sp³-hybridized carbons (Fsp3) is 0.941. The van der Waals surface area contributed by atoms with Crippen molar-refractivity contribution in [2.75, 3.05) is 12.8 Å². The number of carbonyl (C=O) groups excluding carboxylic acids is 1. The number of thioether (sulfide) groups is 1. The molecule has 1 rings (SSSR count). The van der Waals surface area contributed by atoms with Crippen LogP contribution in [0.15, 0.2) is 0 Å². The zero-order valence-corrected chi connectivity index (χ0v) is 15.6. The quantitative estimate of drug-likeness (QED) is 0.701. The molecule has 0 saturated carbocycles. The van der Waals surface area contributed by atoms with Crippen LogP contribution in [0.2, 0.25) is 0 Å². The van der Waals surface area contributed by atoms with Crippen molar-refractivity contribution in [1.82, 2.24) is 10.2 Å². The van der Waals surface area contributed by atoms with Crippen LogP contribution in [0.4, 0.5) is 0 Å². The van der Waals surface area contributed by atoms with E-state index in [-0.39, 0.29) is 17.0 Å². The third-order valence-corrected chi connectivity index (χ3v) is 6.83. The van der Waals surface area contributed by atoms with Crippen molar-refractivity contribution in [3.05, 3.63) is 0 Å². The van der Waals surface area contributed by atoms with Gasteiger partial charge in [0.05, 0.1) is 12.2 Å². The Bertz CT molecular complexity index is 322. The third kappa shape index (κ3) is 4.16. The van der Waals surface area contributed by atoms with Gasteiger partial charge < -0.3 is 4.90 Å². The molecule has 3 unspecified atom stereocenters. The molecule has 0 bridgehead atoms. The Balaban J connectivity index is 2.92. The van der Waals surface area contributed by atoms with Gasteiger partial charge in [-0.1, -0.05) is 47.5 Å². The van der Waals surface area contributed by atoms with Crippen LogP contribution in [0, 0.1) is 5.92 Å². The van der Waals surface area contributed by atoms with Gasteiger partial charge in [0, 0.05) is 11.3 Å². The number of hydrogen-bond donors (Lipinski definition) is 1. The van der Waals surface area contributed by atoms with Gasteiger partial charge in [0.2, 0.25) is 5.91 Å². The van der Waals surface area contributed by atoms with E-state index in [1.807, 2.05) is 11.8 Å². The van der Waals surface area contributed by atoms with Crippen LogP contribution in [0.1, 0.15) is 66.7 Å². The highest BCUT2D eigenvalue weighted by atomic mass is 32.2. The molecule has 0 aromatic carbocycles. The van der Waals surface area contributed by atoms with E-state index in [9.17, 15) is 4.79 Å². The zero-order valence-electron chi connectivity index (χ0n) is 14.7. The van der Waals surface area contributed by atoms with Gasteiger partial charge in [0.1, 0.15) is 0 Å². The molecule has 3 nitrogen and oxygen atoms in total. The van der Waals surface area contributed by atoms with Gasteiger partial charge in [-0.15, -0.1) is 0 Å². The number of amides is 1. The monoisotopic (exact) mass is 314 g/mol. The minimum atomic E-state index is 0.0137. The number of hydrogen-bond acceptors (Lipinski definition) is 3. The molecular weight excluding hydrogens is 280 g/mol. The van der Waals surface area contributed by atoms with Crippen molar-refractivity contribution in [3.8, 4) is 0 Å². The summed E-state index contributed by atoms with van der Waals surface area (Å²) in [4.78, 5) is 15.0. The minimum absolute atomic E-state index is 0.0137. The first-order chi connectivity index (χ1) is 9.98. The summed E-state index contributed by atoms with van der Waals surface area (Å²) in [5, 5.41) is 3.60. The molecule has 4 heteroatoms. The van der Waals surface area contributed by atoms with Gasteiger partial charge >= 0.3 is 0 Å². The molecule has 1 N–H and O–H groups in total. The Kier molecular flexibility index (Phi) is 7.55. The van der Waals surface area contributed by atoms with Crippen LogP contribution in [-0.4, -0.2) is 40.6 Å². The Morgan fingerprint density at radius 2 is 1.90 bits per heavy atom. The van der Waals surface area contributed by atoms with Gasteiger partial charge in [0.15, 0.2) is 0 Å². The van der Waals surface area contributed by atoms with E-state index < -0.39 is 0 Å². The van der Waals surface area contributed by atoms with Gasteiger partial charge in [-0.3, -0.25) is 10.1 Å². The highest BCUT2D eigenvalue weighted by Gasteiger charge is 2.43. The zero-order chi connectivity index (χ0) is 16.0. The molecule has 1 saturated heterocycles. The molecule has 0 spiro atoms. The second kappa shape index (κ2) is 8.42. The van der Waals surface area contributed by atoms with E-state index in [1.165, 1.54) is 0 Å². The van der Waals surface area contributed by atoms with Crippen molar-refractivity contribution in [2.24, 2.45) is 5.92 Å². The average molecular weight is 315 g/mol. The summed E-state index contributed by atoms with van der Waals surface area (Å²) in [6.45, 7) is 11.9. The third-order valence-electron chi connectivity index (χ3n) is 5.25. The lowest BCUT2D eigenvalue weighted by molar-refractivity contribution is -0.131. The molecule has 3 atom stereocenters. The first-order valence-electron chi connectivity index (χ1n) is 8.60. The van der Waals surface area contributed by atoms with Crippen LogP contribution in [0.3, 0.4) is 0 Å². The normalized spacial score (nSPS) is 24.7. The molecule has 1 amide bonds. The molecule has 0 aromatic heterocycles. The van der Waals surface area contributed by atoms with Crippen molar-refractivity contribution in [2.45, 2.75) is 83.7 Å². The minimum Gasteiger partial charge on any atom is -0.324 e. The Labute approximate surface area is 135 Å². The molecule has 0 aliphatic carbocycles. The van der Waals surface area contributed by atoms with E-state index in [0.717, 1.165) is 38.6 Å². The lowest BCUT2D eigenvalue weighted by atomic mass is 9.98. The number of nitrogens with one attached hydrogen (secondary N) is 1. The van der Waals surface area contributed by atoms with Gasteiger partial charge in [-0.2, -0.15) is 11.8 Å². The molecule has 124 valence electrons.